The molecule has 2 aromatic rings. The van der Waals surface area contributed by atoms with E-state index in [-0.39, 0.29) is 6.04 Å². The van der Waals surface area contributed by atoms with Gasteiger partial charge >= 0.3 is 0 Å². The van der Waals surface area contributed by atoms with Crippen molar-refractivity contribution in [3.8, 4) is 11.5 Å². The van der Waals surface area contributed by atoms with Crippen LogP contribution in [-0.2, 0) is 6.54 Å². The summed E-state index contributed by atoms with van der Waals surface area (Å²) < 4.78 is 16.2. The highest BCUT2D eigenvalue weighted by molar-refractivity contribution is 5.42. The van der Waals surface area contributed by atoms with Crippen LogP contribution in [0.15, 0.2) is 28.8 Å². The Balaban J connectivity index is 2.07. The van der Waals surface area contributed by atoms with Gasteiger partial charge in [0, 0.05) is 18.8 Å². The molecule has 2 aromatic heterocycles. The summed E-state index contributed by atoms with van der Waals surface area (Å²) in [6, 6.07) is 5.81. The molecule has 5 heteroatoms. The van der Waals surface area contributed by atoms with Crippen LogP contribution in [0.3, 0.4) is 0 Å². The normalized spacial score (nSPS) is 12.2. The number of hydrogen-bond acceptors (Lipinski definition) is 5. The Kier molecular flexibility index (Phi) is 4.63. The molecule has 0 amide bonds. The number of methoxy groups -OCH3 is 2. The van der Waals surface area contributed by atoms with E-state index in [2.05, 4.69) is 10.3 Å². The Bertz CT molecular complexity index is 566. The SMILES string of the molecule is COc1ccnc(CNC(C)c2ccc(C)o2)c1OC. The van der Waals surface area contributed by atoms with Crippen molar-refractivity contribution in [2.45, 2.75) is 26.4 Å². The quantitative estimate of drug-likeness (QED) is 0.879. The molecule has 20 heavy (non-hydrogen) atoms. The van der Waals surface area contributed by atoms with Crippen molar-refractivity contribution >= 4 is 0 Å². The number of pyridine rings is 1. The predicted octanol–water partition coefficient (Wildman–Crippen LogP) is 2.85. The van der Waals surface area contributed by atoms with E-state index in [1.165, 1.54) is 0 Å². The van der Waals surface area contributed by atoms with Crippen LogP contribution in [0.1, 0.15) is 30.2 Å². The van der Waals surface area contributed by atoms with Crippen LogP contribution in [-0.4, -0.2) is 19.2 Å². The van der Waals surface area contributed by atoms with Crippen LogP contribution in [0.5, 0.6) is 11.5 Å². The fourth-order valence-electron chi connectivity index (χ4n) is 2.01. The summed E-state index contributed by atoms with van der Waals surface area (Å²) in [6.07, 6.45) is 1.71. The summed E-state index contributed by atoms with van der Waals surface area (Å²) >= 11 is 0. The Morgan fingerprint density at radius 3 is 2.65 bits per heavy atom. The van der Waals surface area contributed by atoms with Crippen molar-refractivity contribution in [1.29, 1.82) is 0 Å². The smallest absolute Gasteiger partial charge is 0.183 e. The maximum Gasteiger partial charge on any atom is 0.183 e. The van der Waals surface area contributed by atoms with Gasteiger partial charge in [-0.1, -0.05) is 0 Å². The average Bonchev–Trinajstić information content (AvgIpc) is 2.90. The molecule has 2 heterocycles. The number of aromatic nitrogens is 1. The van der Waals surface area contributed by atoms with Gasteiger partial charge in [-0.25, -0.2) is 0 Å². The Hall–Kier alpha value is -2.01. The first kappa shape index (κ1) is 14.4. The van der Waals surface area contributed by atoms with Gasteiger partial charge in [0.1, 0.15) is 11.5 Å². The molecule has 1 unspecified atom stereocenters. The van der Waals surface area contributed by atoms with E-state index in [0.29, 0.717) is 18.0 Å². The highest BCUT2D eigenvalue weighted by atomic mass is 16.5. The molecule has 2 rings (SSSR count). The predicted molar refractivity (Wildman–Crippen MR) is 76.0 cm³/mol. The fraction of sp³-hybridized carbons (Fsp3) is 0.400. The van der Waals surface area contributed by atoms with Crippen LogP contribution >= 0.6 is 0 Å². The van der Waals surface area contributed by atoms with E-state index in [0.717, 1.165) is 17.2 Å². The number of hydrogen-bond donors (Lipinski definition) is 1. The second-order valence-electron chi connectivity index (χ2n) is 4.54. The maximum atomic E-state index is 5.60. The van der Waals surface area contributed by atoms with Crippen LogP contribution in [0.2, 0.25) is 0 Å². The zero-order valence-electron chi connectivity index (χ0n) is 12.3. The summed E-state index contributed by atoms with van der Waals surface area (Å²) in [5.74, 6) is 3.15. The topological polar surface area (TPSA) is 56.5 Å². The highest BCUT2D eigenvalue weighted by Crippen LogP contribution is 2.29. The number of nitrogens with zero attached hydrogens (tertiary/aromatic N) is 1. The molecule has 0 fully saturated rings. The monoisotopic (exact) mass is 276 g/mol. The number of furan rings is 1. The van der Waals surface area contributed by atoms with Gasteiger partial charge in [0.05, 0.1) is 26.0 Å². The van der Waals surface area contributed by atoms with E-state index < -0.39 is 0 Å². The maximum absolute atomic E-state index is 5.60. The van der Waals surface area contributed by atoms with E-state index >= 15 is 0 Å². The molecular formula is C15H20N2O3. The van der Waals surface area contributed by atoms with Crippen molar-refractivity contribution < 1.29 is 13.9 Å². The summed E-state index contributed by atoms with van der Waals surface area (Å²) in [7, 11) is 3.23. The first-order valence-corrected chi connectivity index (χ1v) is 6.51. The molecule has 0 saturated carbocycles. The molecule has 1 atom stereocenters. The molecule has 5 nitrogen and oxygen atoms in total. The van der Waals surface area contributed by atoms with Crippen LogP contribution < -0.4 is 14.8 Å². The zero-order chi connectivity index (χ0) is 14.5. The summed E-state index contributed by atoms with van der Waals surface area (Å²) in [6.45, 7) is 4.55. The lowest BCUT2D eigenvalue weighted by atomic mass is 10.2. The second-order valence-corrected chi connectivity index (χ2v) is 4.54. The van der Waals surface area contributed by atoms with Gasteiger partial charge in [0.25, 0.3) is 0 Å². The van der Waals surface area contributed by atoms with Crippen LogP contribution in [0.25, 0.3) is 0 Å². The Morgan fingerprint density at radius 2 is 2.05 bits per heavy atom. The lowest BCUT2D eigenvalue weighted by Crippen LogP contribution is -2.19. The van der Waals surface area contributed by atoms with Crippen molar-refractivity contribution in [3.63, 3.8) is 0 Å². The highest BCUT2D eigenvalue weighted by Gasteiger charge is 2.14. The Morgan fingerprint density at radius 1 is 1.25 bits per heavy atom. The summed E-state index contributed by atoms with van der Waals surface area (Å²) in [5, 5.41) is 3.36. The molecule has 0 bridgehead atoms. The van der Waals surface area contributed by atoms with Gasteiger partial charge in [-0.05, 0) is 26.0 Å². The molecule has 0 aliphatic carbocycles. The van der Waals surface area contributed by atoms with E-state index in [4.69, 9.17) is 13.9 Å². The van der Waals surface area contributed by atoms with Crippen LogP contribution in [0.4, 0.5) is 0 Å². The minimum absolute atomic E-state index is 0.0985. The Labute approximate surface area is 118 Å². The molecule has 0 saturated heterocycles. The lowest BCUT2D eigenvalue weighted by Gasteiger charge is -2.14. The van der Waals surface area contributed by atoms with Gasteiger partial charge in [-0.15, -0.1) is 0 Å². The standard InChI is InChI=1S/C15H20N2O3/c1-10-5-6-13(20-10)11(2)17-9-12-15(19-4)14(18-3)7-8-16-12/h5-8,11,17H,9H2,1-4H3. The molecular weight excluding hydrogens is 256 g/mol. The largest absolute Gasteiger partial charge is 0.493 e. The molecule has 0 aromatic carbocycles. The summed E-state index contributed by atoms with van der Waals surface area (Å²) in [5.41, 5.74) is 0.807. The molecule has 0 spiro atoms. The van der Waals surface area contributed by atoms with E-state index in [9.17, 15) is 0 Å². The lowest BCUT2D eigenvalue weighted by molar-refractivity contribution is 0.345. The summed E-state index contributed by atoms with van der Waals surface area (Å²) in [4.78, 5) is 4.33. The van der Waals surface area contributed by atoms with Gasteiger partial charge in [-0.2, -0.15) is 0 Å². The molecule has 108 valence electrons. The minimum Gasteiger partial charge on any atom is -0.493 e. The second kappa shape index (κ2) is 6.43. The fourth-order valence-corrected chi connectivity index (χ4v) is 2.01. The van der Waals surface area contributed by atoms with Crippen molar-refractivity contribution in [1.82, 2.24) is 10.3 Å². The zero-order valence-corrected chi connectivity index (χ0v) is 12.3. The van der Waals surface area contributed by atoms with Crippen LogP contribution in [0, 0.1) is 6.92 Å². The van der Waals surface area contributed by atoms with Gasteiger partial charge < -0.3 is 19.2 Å². The van der Waals surface area contributed by atoms with Crippen molar-refractivity contribution in [3.05, 3.63) is 41.6 Å². The number of ether oxygens (including phenoxy) is 2. The van der Waals surface area contributed by atoms with Gasteiger partial charge in [0.2, 0.25) is 0 Å². The third kappa shape index (κ3) is 3.11. The first-order chi connectivity index (χ1) is 9.65. The average molecular weight is 276 g/mol. The molecule has 0 aliphatic rings. The van der Waals surface area contributed by atoms with Crippen molar-refractivity contribution in [2.24, 2.45) is 0 Å². The number of nitrogens with one attached hydrogen (secondary N) is 1. The molecule has 0 radical (unpaired) electrons. The molecule has 1 N–H and O–H groups in total. The third-order valence-corrected chi connectivity index (χ3v) is 3.13. The van der Waals surface area contributed by atoms with E-state index in [1.807, 2.05) is 26.0 Å². The number of aryl methyl sites for hydroxylation is 1. The minimum atomic E-state index is 0.0985. The number of rotatable bonds is 6. The molecule has 0 aliphatic heterocycles. The first-order valence-electron chi connectivity index (χ1n) is 6.51. The third-order valence-electron chi connectivity index (χ3n) is 3.13. The van der Waals surface area contributed by atoms with E-state index in [1.54, 1.807) is 26.5 Å². The van der Waals surface area contributed by atoms with Crippen molar-refractivity contribution in [2.75, 3.05) is 14.2 Å². The van der Waals surface area contributed by atoms with Gasteiger partial charge in [0.15, 0.2) is 11.5 Å². The van der Waals surface area contributed by atoms with Gasteiger partial charge in [-0.3, -0.25) is 4.98 Å².